The maximum Gasteiger partial charge on any atom is 0.345 e. The van der Waals surface area contributed by atoms with Crippen molar-refractivity contribution in [3.05, 3.63) is 64.6 Å². The van der Waals surface area contributed by atoms with Gasteiger partial charge in [-0.05, 0) is 54.1 Å². The molecule has 4 heteroatoms. The molecule has 2 aromatic heterocycles. The number of aromatic nitrogens is 1. The topological polar surface area (TPSA) is 72.0 Å². The van der Waals surface area contributed by atoms with Gasteiger partial charge in [0.15, 0.2) is 0 Å². The Morgan fingerprint density at radius 1 is 1.00 bits per heavy atom. The Balaban J connectivity index is 2.09. The van der Waals surface area contributed by atoms with Crippen LogP contribution >= 0.6 is 0 Å². The Bertz CT molecular complexity index is 1070. The second-order valence-corrected chi connectivity index (χ2v) is 5.46. The van der Waals surface area contributed by atoms with Gasteiger partial charge in [0.2, 0.25) is 0 Å². The molecule has 0 saturated heterocycles. The van der Waals surface area contributed by atoms with Crippen LogP contribution in [0.15, 0.2) is 57.7 Å². The van der Waals surface area contributed by atoms with Crippen LogP contribution in [0.2, 0.25) is 0 Å². The third kappa shape index (κ3) is 1.89. The van der Waals surface area contributed by atoms with Gasteiger partial charge >= 0.3 is 5.63 Å². The summed E-state index contributed by atoms with van der Waals surface area (Å²) in [6.07, 6.45) is 0. The first-order valence-corrected chi connectivity index (χ1v) is 7.04. The summed E-state index contributed by atoms with van der Waals surface area (Å²) in [5.74, 6) is 0. The molecular formula is C18H14N2O2. The minimum absolute atomic E-state index is 0.343. The number of aromatic amines is 1. The molecule has 0 spiro atoms. The Kier molecular flexibility index (Phi) is 2.60. The summed E-state index contributed by atoms with van der Waals surface area (Å²) in [6.45, 7) is 1.95. The third-order valence-electron chi connectivity index (χ3n) is 3.88. The van der Waals surface area contributed by atoms with E-state index < -0.39 is 0 Å². The average molecular weight is 290 g/mol. The van der Waals surface area contributed by atoms with Gasteiger partial charge in [0.1, 0.15) is 5.58 Å². The zero-order valence-corrected chi connectivity index (χ0v) is 12.0. The molecule has 0 aliphatic rings. The quantitative estimate of drug-likeness (QED) is 0.318. The van der Waals surface area contributed by atoms with Crippen LogP contribution in [0.1, 0.15) is 5.69 Å². The van der Waals surface area contributed by atoms with Crippen molar-refractivity contribution >= 4 is 27.4 Å². The van der Waals surface area contributed by atoms with Gasteiger partial charge in [-0.25, -0.2) is 4.79 Å². The molecule has 0 aliphatic heterocycles. The number of hydrogen-bond acceptors (Lipinski definition) is 3. The van der Waals surface area contributed by atoms with Crippen LogP contribution in [0, 0.1) is 6.92 Å². The van der Waals surface area contributed by atoms with E-state index in [1.54, 1.807) is 0 Å². The van der Waals surface area contributed by atoms with Crippen molar-refractivity contribution < 1.29 is 4.42 Å². The number of nitrogens with two attached hydrogens (primary N) is 1. The first-order valence-electron chi connectivity index (χ1n) is 7.04. The van der Waals surface area contributed by atoms with Crippen LogP contribution in [0.25, 0.3) is 33.0 Å². The number of H-pyrrole nitrogens is 1. The molecule has 2 heterocycles. The van der Waals surface area contributed by atoms with E-state index in [0.29, 0.717) is 16.8 Å². The van der Waals surface area contributed by atoms with Crippen LogP contribution in [-0.4, -0.2) is 4.98 Å². The Labute approximate surface area is 126 Å². The summed E-state index contributed by atoms with van der Waals surface area (Å²) in [5.41, 5.74) is 9.08. The maximum atomic E-state index is 12.2. The molecule has 0 bridgehead atoms. The van der Waals surface area contributed by atoms with Crippen molar-refractivity contribution in [1.29, 1.82) is 0 Å². The second kappa shape index (κ2) is 4.49. The number of nitrogens with one attached hydrogen (secondary N) is 1. The summed E-state index contributed by atoms with van der Waals surface area (Å²) in [5, 5.41) is 2.94. The molecular weight excluding hydrogens is 276 g/mol. The monoisotopic (exact) mass is 290 g/mol. The van der Waals surface area contributed by atoms with E-state index in [2.05, 4.69) is 4.98 Å². The number of rotatable bonds is 1. The van der Waals surface area contributed by atoms with Gasteiger partial charge in [0.05, 0.1) is 11.3 Å². The zero-order chi connectivity index (χ0) is 15.3. The highest BCUT2D eigenvalue weighted by Crippen LogP contribution is 2.28. The fraction of sp³-hybridized carbons (Fsp3) is 0.0556. The minimum Gasteiger partial charge on any atom is -0.422 e. The van der Waals surface area contributed by atoms with E-state index >= 15 is 0 Å². The van der Waals surface area contributed by atoms with E-state index in [9.17, 15) is 4.79 Å². The lowest BCUT2D eigenvalue weighted by molar-refractivity contribution is 0.563. The fourth-order valence-corrected chi connectivity index (χ4v) is 2.80. The van der Waals surface area contributed by atoms with Gasteiger partial charge in [-0.1, -0.05) is 12.1 Å². The van der Waals surface area contributed by atoms with Crippen LogP contribution in [0.5, 0.6) is 0 Å². The first-order chi connectivity index (χ1) is 10.6. The fourth-order valence-electron chi connectivity index (χ4n) is 2.80. The van der Waals surface area contributed by atoms with Crippen molar-refractivity contribution in [1.82, 2.24) is 4.98 Å². The van der Waals surface area contributed by atoms with Crippen LogP contribution in [0.3, 0.4) is 0 Å². The lowest BCUT2D eigenvalue weighted by Gasteiger charge is -2.05. The normalized spacial score (nSPS) is 11.3. The van der Waals surface area contributed by atoms with Gasteiger partial charge in [-0.2, -0.15) is 0 Å². The van der Waals surface area contributed by atoms with E-state index in [-0.39, 0.29) is 5.63 Å². The van der Waals surface area contributed by atoms with Crippen molar-refractivity contribution in [3.63, 3.8) is 0 Å². The number of anilines is 1. The summed E-state index contributed by atoms with van der Waals surface area (Å²) >= 11 is 0. The predicted molar refractivity (Wildman–Crippen MR) is 88.9 cm³/mol. The summed E-state index contributed by atoms with van der Waals surface area (Å²) in [7, 11) is 0. The molecule has 0 saturated carbocycles. The molecule has 0 unspecified atom stereocenters. The SMILES string of the molecule is Cc1ccc(-c2cc3c(ccc4cc(N)ccc43)oc2=O)[nH]1. The Morgan fingerprint density at radius 3 is 2.64 bits per heavy atom. The predicted octanol–water partition coefficient (Wildman–Crippen LogP) is 3.83. The van der Waals surface area contributed by atoms with Crippen molar-refractivity contribution in [2.24, 2.45) is 0 Å². The highest BCUT2D eigenvalue weighted by Gasteiger charge is 2.11. The maximum absolute atomic E-state index is 12.2. The average Bonchev–Trinajstić information content (AvgIpc) is 2.92. The largest absolute Gasteiger partial charge is 0.422 e. The number of aryl methyl sites for hydroxylation is 1. The highest BCUT2D eigenvalue weighted by atomic mass is 16.4. The van der Waals surface area contributed by atoms with Gasteiger partial charge in [0.25, 0.3) is 0 Å². The van der Waals surface area contributed by atoms with Gasteiger partial charge in [-0.15, -0.1) is 0 Å². The lowest BCUT2D eigenvalue weighted by atomic mass is 10.0. The van der Waals surface area contributed by atoms with E-state index in [4.69, 9.17) is 10.2 Å². The molecule has 108 valence electrons. The van der Waals surface area contributed by atoms with Gasteiger partial charge < -0.3 is 15.1 Å². The lowest BCUT2D eigenvalue weighted by Crippen LogP contribution is -2.03. The molecule has 2 aromatic carbocycles. The summed E-state index contributed by atoms with van der Waals surface area (Å²) < 4.78 is 5.49. The molecule has 4 aromatic rings. The number of nitrogen functional groups attached to an aromatic ring is 1. The zero-order valence-electron chi connectivity index (χ0n) is 12.0. The standard InChI is InChI=1S/C18H14N2O2/c1-10-2-6-16(20-10)15-9-14-13-5-4-12(19)8-11(13)3-7-17(14)22-18(15)21/h2-9,20H,19H2,1H3. The third-order valence-corrected chi connectivity index (χ3v) is 3.88. The van der Waals surface area contributed by atoms with Crippen LogP contribution < -0.4 is 11.4 Å². The van der Waals surface area contributed by atoms with Crippen molar-refractivity contribution in [2.45, 2.75) is 6.92 Å². The molecule has 4 rings (SSSR count). The number of hydrogen-bond donors (Lipinski definition) is 2. The number of fused-ring (bicyclic) bond motifs is 3. The molecule has 0 atom stereocenters. The Morgan fingerprint density at radius 2 is 1.86 bits per heavy atom. The number of benzene rings is 2. The first kappa shape index (κ1) is 12.7. The smallest absolute Gasteiger partial charge is 0.345 e. The molecule has 4 nitrogen and oxygen atoms in total. The van der Waals surface area contributed by atoms with Crippen LogP contribution in [0.4, 0.5) is 5.69 Å². The second-order valence-electron chi connectivity index (χ2n) is 5.46. The molecule has 0 amide bonds. The molecule has 0 radical (unpaired) electrons. The molecule has 0 aliphatic carbocycles. The van der Waals surface area contributed by atoms with E-state index in [0.717, 1.165) is 27.5 Å². The van der Waals surface area contributed by atoms with Gasteiger partial charge in [-0.3, -0.25) is 0 Å². The van der Waals surface area contributed by atoms with E-state index in [1.807, 2.05) is 55.5 Å². The highest BCUT2D eigenvalue weighted by molar-refractivity contribution is 6.07. The Hall–Kier alpha value is -3.01. The van der Waals surface area contributed by atoms with Gasteiger partial charge in [0, 0.05) is 16.8 Å². The summed E-state index contributed by atoms with van der Waals surface area (Å²) in [6, 6.07) is 15.1. The molecule has 0 fully saturated rings. The van der Waals surface area contributed by atoms with Crippen molar-refractivity contribution in [2.75, 3.05) is 5.73 Å². The van der Waals surface area contributed by atoms with Crippen LogP contribution in [-0.2, 0) is 0 Å². The molecule has 22 heavy (non-hydrogen) atoms. The van der Waals surface area contributed by atoms with Crippen molar-refractivity contribution in [3.8, 4) is 11.3 Å². The van der Waals surface area contributed by atoms with E-state index in [1.165, 1.54) is 0 Å². The minimum atomic E-state index is -0.343. The summed E-state index contributed by atoms with van der Waals surface area (Å²) in [4.78, 5) is 15.4. The molecule has 3 N–H and O–H groups in total.